The Hall–Kier alpha value is -3.26. The number of halogens is 4. The van der Waals surface area contributed by atoms with E-state index >= 15 is 0 Å². The van der Waals surface area contributed by atoms with Crippen LogP contribution in [0.4, 0.5) is 18.9 Å². The first-order valence-corrected chi connectivity index (χ1v) is 9.23. The lowest BCUT2D eigenvalue weighted by atomic mass is 10.1. The number of nitrogens with zero attached hydrogens (tertiary/aromatic N) is 1. The zero-order chi connectivity index (χ0) is 22.0. The summed E-state index contributed by atoms with van der Waals surface area (Å²) < 4.78 is 41.8. The average molecular weight is 436 g/mol. The Morgan fingerprint density at radius 1 is 0.967 bits per heavy atom. The molecular weight excluding hydrogens is 419 g/mol. The van der Waals surface area contributed by atoms with Crippen molar-refractivity contribution in [3.63, 3.8) is 0 Å². The van der Waals surface area contributed by atoms with Gasteiger partial charge in [0, 0.05) is 17.1 Å². The first kappa shape index (κ1) is 21.4. The van der Waals surface area contributed by atoms with Crippen molar-refractivity contribution in [3.8, 4) is 5.69 Å². The summed E-state index contributed by atoms with van der Waals surface area (Å²) in [7, 11) is 0. The van der Waals surface area contributed by atoms with E-state index < -0.39 is 41.5 Å². The molecule has 0 unspecified atom stereocenters. The fourth-order valence-corrected chi connectivity index (χ4v) is 3.18. The van der Waals surface area contributed by atoms with Crippen LogP contribution in [0, 0.1) is 31.3 Å². The molecule has 0 saturated carbocycles. The highest BCUT2D eigenvalue weighted by Gasteiger charge is 2.17. The maximum atomic E-state index is 13.6. The molecule has 9 heteroatoms. The molecule has 0 aliphatic heterocycles. The minimum Gasteiger partial charge on any atom is -0.343 e. The van der Waals surface area contributed by atoms with Gasteiger partial charge in [-0.25, -0.2) is 13.2 Å². The lowest BCUT2D eigenvalue weighted by Crippen LogP contribution is -2.33. The first-order valence-electron chi connectivity index (χ1n) is 8.85. The average Bonchev–Trinajstić information content (AvgIpc) is 3.05. The maximum absolute atomic E-state index is 13.6. The van der Waals surface area contributed by atoms with E-state index in [1.165, 1.54) is 0 Å². The second kappa shape index (κ2) is 8.62. The van der Waals surface area contributed by atoms with E-state index in [1.54, 1.807) is 18.2 Å². The van der Waals surface area contributed by atoms with E-state index in [4.69, 9.17) is 11.6 Å². The first-order chi connectivity index (χ1) is 14.2. The van der Waals surface area contributed by atoms with E-state index in [9.17, 15) is 22.8 Å². The number of aromatic nitrogens is 1. The predicted molar refractivity (Wildman–Crippen MR) is 108 cm³/mol. The molecule has 5 nitrogen and oxygen atoms in total. The van der Waals surface area contributed by atoms with Gasteiger partial charge in [0.2, 0.25) is 5.91 Å². The van der Waals surface area contributed by atoms with Crippen molar-refractivity contribution in [2.45, 2.75) is 13.8 Å². The highest BCUT2D eigenvalue weighted by molar-refractivity contribution is 6.34. The smallest absolute Gasteiger partial charge is 0.253 e. The number of carbonyl (C=O) groups is 2. The minimum absolute atomic E-state index is 0.147. The Bertz CT molecular complexity index is 1130. The summed E-state index contributed by atoms with van der Waals surface area (Å²) in [6.45, 7) is 3.31. The summed E-state index contributed by atoms with van der Waals surface area (Å²) >= 11 is 6.13. The molecule has 1 heterocycles. The Labute approximate surface area is 175 Å². The lowest BCUT2D eigenvalue weighted by Gasteiger charge is -2.13. The molecule has 0 fully saturated rings. The van der Waals surface area contributed by atoms with Gasteiger partial charge in [-0.05, 0) is 56.3 Å². The maximum Gasteiger partial charge on any atom is 0.253 e. The van der Waals surface area contributed by atoms with Crippen molar-refractivity contribution in [3.05, 3.63) is 81.9 Å². The van der Waals surface area contributed by atoms with Crippen LogP contribution in [0.1, 0.15) is 21.7 Å². The molecule has 0 spiro atoms. The summed E-state index contributed by atoms with van der Waals surface area (Å²) in [5.74, 6) is -6.04. The number of benzene rings is 2. The third-order valence-corrected chi connectivity index (χ3v) is 4.77. The number of nitrogens with one attached hydrogen (secondary N) is 2. The highest BCUT2D eigenvalue weighted by atomic mass is 35.5. The molecule has 2 N–H and O–H groups in total. The van der Waals surface area contributed by atoms with Crippen LogP contribution in [0.3, 0.4) is 0 Å². The van der Waals surface area contributed by atoms with E-state index in [-0.39, 0.29) is 10.6 Å². The van der Waals surface area contributed by atoms with Crippen molar-refractivity contribution < 1.29 is 22.8 Å². The van der Waals surface area contributed by atoms with Gasteiger partial charge >= 0.3 is 0 Å². The monoisotopic (exact) mass is 435 g/mol. The summed E-state index contributed by atoms with van der Waals surface area (Å²) in [4.78, 5) is 24.5. The van der Waals surface area contributed by atoms with Gasteiger partial charge in [0.1, 0.15) is 0 Å². The fourth-order valence-electron chi connectivity index (χ4n) is 2.97. The normalized spacial score (nSPS) is 10.7. The number of rotatable bonds is 5. The van der Waals surface area contributed by atoms with Crippen LogP contribution in [0.2, 0.25) is 5.02 Å². The molecule has 3 aromatic rings. The molecule has 0 aliphatic rings. The minimum atomic E-state index is -1.70. The molecule has 0 radical (unpaired) electrons. The number of hydrogen-bond donors (Lipinski definition) is 2. The Kier molecular flexibility index (Phi) is 6.17. The second-order valence-corrected chi connectivity index (χ2v) is 6.98. The van der Waals surface area contributed by atoms with Crippen LogP contribution in [0.25, 0.3) is 5.69 Å². The second-order valence-electron chi connectivity index (χ2n) is 6.57. The molecule has 3 rings (SSSR count). The fraction of sp³-hybridized carbons (Fsp3) is 0.143. The van der Waals surface area contributed by atoms with Crippen molar-refractivity contribution in [1.29, 1.82) is 0 Å². The van der Waals surface area contributed by atoms with E-state index in [2.05, 4.69) is 10.6 Å². The number of hydrogen-bond acceptors (Lipinski definition) is 2. The molecule has 2 amide bonds. The molecule has 0 saturated heterocycles. The van der Waals surface area contributed by atoms with Gasteiger partial charge in [-0.3, -0.25) is 9.59 Å². The number of aryl methyl sites for hydroxylation is 2. The quantitative estimate of drug-likeness (QED) is 0.578. The Morgan fingerprint density at radius 2 is 1.63 bits per heavy atom. The van der Waals surface area contributed by atoms with Gasteiger partial charge in [-0.15, -0.1) is 0 Å². The third kappa shape index (κ3) is 4.33. The molecule has 0 aliphatic carbocycles. The predicted octanol–water partition coefficient (Wildman–Crippen LogP) is 4.53. The van der Waals surface area contributed by atoms with Crippen molar-refractivity contribution in [2.24, 2.45) is 0 Å². The zero-order valence-electron chi connectivity index (χ0n) is 16.0. The van der Waals surface area contributed by atoms with E-state index in [0.717, 1.165) is 23.1 Å². The molecule has 2 aromatic carbocycles. The Morgan fingerprint density at radius 3 is 2.30 bits per heavy atom. The summed E-state index contributed by atoms with van der Waals surface area (Å²) in [6, 6.07) is 10.4. The van der Waals surface area contributed by atoms with Gasteiger partial charge in [-0.2, -0.15) is 0 Å². The van der Waals surface area contributed by atoms with Crippen LogP contribution in [0.5, 0.6) is 0 Å². The van der Waals surface area contributed by atoms with Gasteiger partial charge < -0.3 is 15.2 Å². The van der Waals surface area contributed by atoms with Crippen molar-refractivity contribution in [1.82, 2.24) is 9.88 Å². The van der Waals surface area contributed by atoms with Gasteiger partial charge in [0.25, 0.3) is 5.91 Å². The number of carbonyl (C=O) groups excluding carboxylic acids is 2. The largest absolute Gasteiger partial charge is 0.343 e. The zero-order valence-corrected chi connectivity index (χ0v) is 16.8. The van der Waals surface area contributed by atoms with Crippen molar-refractivity contribution >= 4 is 29.1 Å². The standard InChI is InChI=1S/C21H17ClF3N3O2/c1-11-3-4-12(2)28(11)13-5-6-15(22)14(9-13)21(30)26-10-18(29)27-17-8-7-16(23)19(24)20(17)25/h3-9H,10H2,1-2H3,(H,26,30)(H,27,29). The van der Waals surface area contributed by atoms with Crippen LogP contribution >= 0.6 is 11.6 Å². The molecule has 156 valence electrons. The van der Waals surface area contributed by atoms with Gasteiger partial charge in [0.15, 0.2) is 17.5 Å². The summed E-state index contributed by atoms with van der Waals surface area (Å²) in [5, 5.41) is 4.63. The molecular formula is C21H17ClF3N3O2. The van der Waals surface area contributed by atoms with E-state index in [0.29, 0.717) is 6.07 Å². The van der Waals surface area contributed by atoms with Crippen LogP contribution in [-0.2, 0) is 4.79 Å². The molecule has 30 heavy (non-hydrogen) atoms. The van der Waals surface area contributed by atoms with Crippen LogP contribution in [0.15, 0.2) is 42.5 Å². The molecule has 1 aromatic heterocycles. The van der Waals surface area contributed by atoms with Gasteiger partial charge in [-0.1, -0.05) is 11.6 Å². The SMILES string of the molecule is Cc1ccc(C)n1-c1ccc(Cl)c(C(=O)NCC(=O)Nc2ccc(F)c(F)c2F)c1. The molecule has 0 atom stereocenters. The third-order valence-electron chi connectivity index (χ3n) is 4.44. The Balaban J connectivity index is 1.71. The summed E-state index contributed by atoms with van der Waals surface area (Å²) in [6.07, 6.45) is 0. The highest BCUT2D eigenvalue weighted by Crippen LogP contribution is 2.23. The number of amides is 2. The van der Waals surface area contributed by atoms with Gasteiger partial charge in [0.05, 0.1) is 22.8 Å². The topological polar surface area (TPSA) is 63.1 Å². The van der Waals surface area contributed by atoms with E-state index in [1.807, 2.05) is 30.5 Å². The van der Waals surface area contributed by atoms with Crippen LogP contribution in [-0.4, -0.2) is 22.9 Å². The van der Waals surface area contributed by atoms with Crippen LogP contribution < -0.4 is 10.6 Å². The molecule has 0 bridgehead atoms. The number of anilines is 1. The lowest BCUT2D eigenvalue weighted by molar-refractivity contribution is -0.115. The van der Waals surface area contributed by atoms with Crippen molar-refractivity contribution in [2.75, 3.05) is 11.9 Å². The summed E-state index contributed by atoms with van der Waals surface area (Å²) in [5.41, 5.74) is 2.27.